The second kappa shape index (κ2) is 12.5. The fourth-order valence-electron chi connectivity index (χ4n) is 5.31. The van der Waals surface area contributed by atoms with Crippen LogP contribution in [0.25, 0.3) is 22.0 Å². The molecule has 1 saturated heterocycles. The molecule has 0 unspecified atom stereocenters. The number of sulfonamides is 1. The number of morpholine rings is 1. The number of fused-ring (bicyclic) bond motifs is 1. The Balaban J connectivity index is 1.63. The van der Waals surface area contributed by atoms with E-state index in [0.717, 1.165) is 39.1 Å². The van der Waals surface area contributed by atoms with Crippen molar-refractivity contribution in [2.24, 2.45) is 7.05 Å². The van der Waals surface area contributed by atoms with Crippen molar-refractivity contribution in [2.75, 3.05) is 50.9 Å². The summed E-state index contributed by atoms with van der Waals surface area (Å²) in [5.41, 5.74) is -2.26. The van der Waals surface area contributed by atoms with Gasteiger partial charge in [0, 0.05) is 61.9 Å². The molecule has 2 aromatic heterocycles. The van der Waals surface area contributed by atoms with Gasteiger partial charge in [-0.2, -0.15) is 18.2 Å². The molecule has 0 saturated carbocycles. The van der Waals surface area contributed by atoms with Crippen molar-refractivity contribution >= 4 is 32.6 Å². The molecule has 12 nitrogen and oxygen atoms in total. The number of para-hydroxylation sites is 1. The normalized spacial score (nSPS) is 14.4. The van der Waals surface area contributed by atoms with Crippen LogP contribution < -0.4 is 14.2 Å². The first kappa shape index (κ1) is 32.0. The van der Waals surface area contributed by atoms with Gasteiger partial charge in [-0.15, -0.1) is 0 Å². The summed E-state index contributed by atoms with van der Waals surface area (Å²) in [6, 6.07) is 7.52. The molecule has 0 atom stereocenters. The van der Waals surface area contributed by atoms with E-state index in [9.17, 15) is 31.5 Å². The average Bonchev–Trinajstić information content (AvgIpc) is 3.28. The monoisotopic (exact) mass is 649 g/mol. The molecule has 2 aromatic carbocycles. The van der Waals surface area contributed by atoms with E-state index in [2.05, 4.69) is 19.6 Å². The minimum absolute atomic E-state index is 0.126. The summed E-state index contributed by atoms with van der Waals surface area (Å²) < 4.78 is 86.4. The van der Waals surface area contributed by atoms with Crippen molar-refractivity contribution in [3.05, 3.63) is 59.7 Å². The predicted molar refractivity (Wildman–Crippen MR) is 158 cm³/mol. The van der Waals surface area contributed by atoms with Gasteiger partial charge < -0.3 is 23.9 Å². The summed E-state index contributed by atoms with van der Waals surface area (Å²) in [6.45, 7) is 3.66. The van der Waals surface area contributed by atoms with E-state index in [-0.39, 0.29) is 45.1 Å². The van der Waals surface area contributed by atoms with Crippen LogP contribution in [0.2, 0.25) is 0 Å². The van der Waals surface area contributed by atoms with Crippen LogP contribution in [-0.2, 0) is 34.4 Å². The predicted octanol–water partition coefficient (Wildman–Crippen LogP) is 4.40. The first-order valence-corrected chi connectivity index (χ1v) is 15.6. The summed E-state index contributed by atoms with van der Waals surface area (Å²) in [7, 11) is -1.47. The summed E-state index contributed by atoms with van der Waals surface area (Å²) in [5.74, 6) is -0.841. The number of aromatic carboxylic acids is 1. The lowest BCUT2D eigenvalue weighted by molar-refractivity contribution is -0.137. The number of hydrogen-bond acceptors (Lipinski definition) is 9. The van der Waals surface area contributed by atoms with Gasteiger partial charge in [0.1, 0.15) is 11.5 Å². The first-order chi connectivity index (χ1) is 21.3. The molecule has 5 rings (SSSR count). The maximum Gasteiger partial charge on any atom is 0.416 e. The average molecular weight is 650 g/mol. The Morgan fingerprint density at radius 2 is 1.91 bits per heavy atom. The number of anilines is 1. The van der Waals surface area contributed by atoms with Gasteiger partial charge in [-0.3, -0.25) is 9.62 Å². The third-order valence-corrected chi connectivity index (χ3v) is 7.80. The van der Waals surface area contributed by atoms with E-state index in [1.165, 1.54) is 23.7 Å². The van der Waals surface area contributed by atoms with Gasteiger partial charge in [0.15, 0.2) is 11.5 Å². The molecule has 240 valence electrons. The minimum Gasteiger partial charge on any atom is -0.494 e. The second-order valence-electron chi connectivity index (χ2n) is 10.3. The van der Waals surface area contributed by atoms with Gasteiger partial charge in [0.25, 0.3) is 0 Å². The van der Waals surface area contributed by atoms with E-state index in [1.807, 2.05) is 0 Å². The number of aromatic nitrogens is 3. The number of nitrogens with zero attached hydrogens (tertiary/aromatic N) is 4. The van der Waals surface area contributed by atoms with E-state index in [0.29, 0.717) is 31.5 Å². The fraction of sp³-hybridized carbons (Fsp3) is 0.345. The van der Waals surface area contributed by atoms with Crippen LogP contribution in [0.15, 0.2) is 42.6 Å². The molecule has 3 heterocycles. The molecular formula is C29H30F3N5O7S. The van der Waals surface area contributed by atoms with Crippen molar-refractivity contribution in [1.82, 2.24) is 19.4 Å². The number of carboxylic acid groups (broad SMARTS) is 1. The zero-order valence-corrected chi connectivity index (χ0v) is 25.3. The molecule has 0 bridgehead atoms. The van der Waals surface area contributed by atoms with Crippen LogP contribution >= 0.6 is 0 Å². The highest BCUT2D eigenvalue weighted by Crippen LogP contribution is 2.48. The lowest BCUT2D eigenvalue weighted by atomic mass is 9.97. The molecule has 0 radical (unpaired) electrons. The van der Waals surface area contributed by atoms with Gasteiger partial charge in [-0.05, 0) is 18.2 Å². The van der Waals surface area contributed by atoms with Crippen molar-refractivity contribution in [1.29, 1.82) is 0 Å². The summed E-state index contributed by atoms with van der Waals surface area (Å²) >= 11 is 0. The highest BCUT2D eigenvalue weighted by molar-refractivity contribution is 7.92. The van der Waals surface area contributed by atoms with Gasteiger partial charge in [-0.25, -0.2) is 18.2 Å². The van der Waals surface area contributed by atoms with Gasteiger partial charge in [0.05, 0.1) is 43.3 Å². The second-order valence-corrected chi connectivity index (χ2v) is 12.1. The molecule has 1 fully saturated rings. The zero-order valence-electron chi connectivity index (χ0n) is 24.5. The van der Waals surface area contributed by atoms with E-state index >= 15 is 0 Å². The number of methoxy groups -OCH3 is 1. The molecule has 45 heavy (non-hydrogen) atoms. The smallest absolute Gasteiger partial charge is 0.416 e. The minimum atomic E-state index is -4.90. The maximum absolute atomic E-state index is 14.0. The van der Waals surface area contributed by atoms with E-state index < -0.39 is 33.4 Å². The lowest BCUT2D eigenvalue weighted by Gasteiger charge is -2.26. The number of carbonyl (C=O) groups is 1. The maximum atomic E-state index is 14.0. The summed E-state index contributed by atoms with van der Waals surface area (Å²) in [6.07, 6.45) is -2.03. The Morgan fingerprint density at radius 3 is 2.56 bits per heavy atom. The van der Waals surface area contributed by atoms with Crippen LogP contribution in [0.4, 0.5) is 18.9 Å². The number of aryl methyl sites for hydroxylation is 1. The Hall–Kier alpha value is -4.41. The number of alkyl halides is 3. The Labute approximate surface area is 256 Å². The molecule has 0 aliphatic carbocycles. The molecule has 16 heteroatoms. The topological polar surface area (TPSA) is 145 Å². The number of nitrogens with one attached hydrogen (secondary N) is 1. The third-order valence-electron chi connectivity index (χ3n) is 7.21. The highest BCUT2D eigenvalue weighted by Gasteiger charge is 2.35. The SMILES string of the molecule is COc1c(NS(C)(=O)=O)cc(C(F)(F)F)cc1-c1c(C(=O)O)n(C)c2c(Oc3ccnc(CCN4CCOCC4)n3)cccc12. The first-order valence-electron chi connectivity index (χ1n) is 13.7. The number of rotatable bonds is 10. The van der Waals surface area contributed by atoms with Crippen molar-refractivity contribution in [3.63, 3.8) is 0 Å². The number of ether oxygens (including phenoxy) is 3. The number of carboxylic acids is 1. The molecule has 1 aliphatic heterocycles. The van der Waals surface area contributed by atoms with E-state index in [1.54, 1.807) is 18.3 Å². The van der Waals surface area contributed by atoms with Gasteiger partial charge in [0.2, 0.25) is 15.9 Å². The highest BCUT2D eigenvalue weighted by atomic mass is 32.2. The van der Waals surface area contributed by atoms with Gasteiger partial charge >= 0.3 is 12.1 Å². The molecule has 4 aromatic rings. The van der Waals surface area contributed by atoms with Crippen LogP contribution in [-0.4, -0.2) is 85.1 Å². The standard InChI is InChI=1S/C29H30F3N5O7S/c1-36-25-18(5-4-6-21(25)44-23-7-9-33-22(34-23)8-10-37-11-13-43-14-12-37)24(26(36)28(38)39)19-15-17(29(30,31)32)16-20(27(19)42-2)35-45(3,40)41/h4-7,9,15-16,35H,8,10-14H2,1-3H3,(H,38,39). The Kier molecular flexibility index (Phi) is 8.91. The Bertz CT molecular complexity index is 1860. The molecule has 0 spiro atoms. The summed E-state index contributed by atoms with van der Waals surface area (Å²) in [5, 5.41) is 10.5. The zero-order chi connectivity index (χ0) is 32.5. The summed E-state index contributed by atoms with van der Waals surface area (Å²) in [4.78, 5) is 23.7. The van der Waals surface area contributed by atoms with Crippen molar-refractivity contribution < 1.29 is 45.7 Å². The third kappa shape index (κ3) is 6.97. The van der Waals surface area contributed by atoms with Crippen LogP contribution in [0, 0.1) is 0 Å². The van der Waals surface area contributed by atoms with E-state index in [4.69, 9.17) is 14.2 Å². The lowest BCUT2D eigenvalue weighted by Crippen LogP contribution is -2.37. The molecule has 2 N–H and O–H groups in total. The Morgan fingerprint density at radius 1 is 1.18 bits per heavy atom. The molecule has 0 amide bonds. The number of halogens is 3. The quantitative estimate of drug-likeness (QED) is 0.254. The number of benzene rings is 2. The molecular weight excluding hydrogens is 619 g/mol. The fourth-order valence-corrected chi connectivity index (χ4v) is 5.86. The van der Waals surface area contributed by atoms with Crippen LogP contribution in [0.1, 0.15) is 21.9 Å². The van der Waals surface area contributed by atoms with Crippen molar-refractivity contribution in [3.8, 4) is 28.5 Å². The van der Waals surface area contributed by atoms with Crippen molar-refractivity contribution in [2.45, 2.75) is 12.6 Å². The van der Waals surface area contributed by atoms with Crippen LogP contribution in [0.5, 0.6) is 17.4 Å². The molecule has 1 aliphatic rings. The number of hydrogen-bond donors (Lipinski definition) is 2. The van der Waals surface area contributed by atoms with Gasteiger partial charge in [-0.1, -0.05) is 12.1 Å². The van der Waals surface area contributed by atoms with Crippen LogP contribution in [0.3, 0.4) is 0 Å². The largest absolute Gasteiger partial charge is 0.494 e.